The van der Waals surface area contributed by atoms with Crippen molar-refractivity contribution < 1.29 is 4.79 Å². The Balaban J connectivity index is 0.00000392. The van der Waals surface area contributed by atoms with Crippen molar-refractivity contribution in [1.29, 1.82) is 0 Å². The molecular formula is C21H34IN5O. The van der Waals surface area contributed by atoms with E-state index in [4.69, 9.17) is 4.99 Å². The van der Waals surface area contributed by atoms with Crippen LogP contribution in [-0.4, -0.2) is 68.0 Å². The number of hydrogen-bond donors (Lipinski definition) is 1. The van der Waals surface area contributed by atoms with Gasteiger partial charge in [-0.2, -0.15) is 0 Å². The highest BCUT2D eigenvalue weighted by Crippen LogP contribution is 2.19. The molecule has 0 fully saturated rings. The molecule has 0 saturated carbocycles. The first kappa shape index (κ1) is 24.3. The van der Waals surface area contributed by atoms with Crippen molar-refractivity contribution >= 4 is 41.5 Å². The highest BCUT2D eigenvalue weighted by Gasteiger charge is 2.15. The maximum atomic E-state index is 12.4. The molecule has 6 nitrogen and oxygen atoms in total. The summed E-state index contributed by atoms with van der Waals surface area (Å²) in [5.74, 6) is 0.878. The molecule has 1 N–H and O–H groups in total. The molecule has 1 aliphatic heterocycles. The molecular weight excluding hydrogens is 465 g/mol. The van der Waals surface area contributed by atoms with Gasteiger partial charge in [0.1, 0.15) is 0 Å². The van der Waals surface area contributed by atoms with Gasteiger partial charge < -0.3 is 20.0 Å². The smallest absolute Gasteiger partial charge is 0.242 e. The number of likely N-dealkylation sites (N-methyl/N-ethyl adjacent to an activating group) is 2. The fourth-order valence-corrected chi connectivity index (χ4v) is 3.13. The molecule has 2 rings (SSSR count). The van der Waals surface area contributed by atoms with Crippen LogP contribution >= 0.6 is 24.0 Å². The van der Waals surface area contributed by atoms with E-state index in [9.17, 15) is 4.79 Å². The lowest BCUT2D eigenvalue weighted by molar-refractivity contribution is -0.131. The predicted molar refractivity (Wildman–Crippen MR) is 129 cm³/mol. The number of hydrogen-bond acceptors (Lipinski definition) is 3. The summed E-state index contributed by atoms with van der Waals surface area (Å²) < 4.78 is 0. The minimum absolute atomic E-state index is 0. The van der Waals surface area contributed by atoms with Crippen LogP contribution in [0, 0.1) is 0 Å². The third-order valence-corrected chi connectivity index (χ3v) is 4.69. The minimum atomic E-state index is 0. The fourth-order valence-electron chi connectivity index (χ4n) is 3.13. The van der Waals surface area contributed by atoms with E-state index in [1.165, 1.54) is 11.3 Å². The maximum Gasteiger partial charge on any atom is 0.242 e. The zero-order valence-electron chi connectivity index (χ0n) is 17.5. The van der Waals surface area contributed by atoms with Crippen molar-refractivity contribution in [3.05, 3.63) is 42.0 Å². The van der Waals surface area contributed by atoms with E-state index in [-0.39, 0.29) is 29.9 Å². The number of anilines is 1. The Morgan fingerprint density at radius 1 is 1.18 bits per heavy atom. The van der Waals surface area contributed by atoms with Gasteiger partial charge in [-0.15, -0.1) is 24.0 Å². The number of carbonyl (C=O) groups excluding carboxylic acids is 1. The fraction of sp³-hybridized carbons (Fsp3) is 0.524. The standard InChI is InChI=1S/C21H33N5O.HI/c1-5-22-21(24(4)17-20(27)25(6-2)7-3)23-16-18-11-10-12-19(15-18)26-13-8-9-14-26;/h8-12,15H,5-7,13-14,16-17H2,1-4H3,(H,22,23);1H. The molecule has 0 aliphatic carbocycles. The lowest BCUT2D eigenvalue weighted by atomic mass is 10.2. The third kappa shape index (κ3) is 7.00. The molecule has 28 heavy (non-hydrogen) atoms. The first-order chi connectivity index (χ1) is 13.1. The van der Waals surface area contributed by atoms with E-state index in [1.807, 2.05) is 37.6 Å². The molecule has 156 valence electrons. The van der Waals surface area contributed by atoms with Gasteiger partial charge in [0.15, 0.2) is 5.96 Å². The van der Waals surface area contributed by atoms with Crippen LogP contribution in [0.4, 0.5) is 5.69 Å². The Morgan fingerprint density at radius 3 is 2.46 bits per heavy atom. The number of aliphatic imine (C=N–C) groups is 1. The van der Waals surface area contributed by atoms with E-state index >= 15 is 0 Å². The average Bonchev–Trinajstić information content (AvgIpc) is 3.21. The van der Waals surface area contributed by atoms with Gasteiger partial charge >= 0.3 is 0 Å². The van der Waals surface area contributed by atoms with Gasteiger partial charge in [0.25, 0.3) is 0 Å². The largest absolute Gasteiger partial charge is 0.364 e. The number of carbonyl (C=O) groups is 1. The van der Waals surface area contributed by atoms with Crippen molar-refractivity contribution in [2.75, 3.05) is 51.2 Å². The number of rotatable bonds is 8. The molecule has 0 unspecified atom stereocenters. The molecule has 1 aliphatic rings. The first-order valence-electron chi connectivity index (χ1n) is 9.85. The monoisotopic (exact) mass is 499 g/mol. The Kier molecular flexibility index (Phi) is 11.0. The number of nitrogens with one attached hydrogen (secondary N) is 1. The van der Waals surface area contributed by atoms with E-state index in [0.29, 0.717) is 13.1 Å². The summed E-state index contributed by atoms with van der Waals surface area (Å²) in [4.78, 5) is 23.2. The lowest BCUT2D eigenvalue weighted by Gasteiger charge is -2.25. The summed E-state index contributed by atoms with van der Waals surface area (Å²) in [6.07, 6.45) is 4.38. The number of halogens is 1. The molecule has 0 bridgehead atoms. The summed E-state index contributed by atoms with van der Waals surface area (Å²) in [7, 11) is 1.91. The highest BCUT2D eigenvalue weighted by atomic mass is 127. The predicted octanol–water partition coefficient (Wildman–Crippen LogP) is 2.95. The van der Waals surface area contributed by atoms with E-state index in [2.05, 4.69) is 46.6 Å². The van der Waals surface area contributed by atoms with Crippen molar-refractivity contribution in [2.45, 2.75) is 27.3 Å². The molecule has 1 amide bonds. The number of amides is 1. The van der Waals surface area contributed by atoms with Gasteiger partial charge in [0.05, 0.1) is 13.1 Å². The zero-order valence-corrected chi connectivity index (χ0v) is 19.8. The van der Waals surface area contributed by atoms with Crippen LogP contribution in [0.25, 0.3) is 0 Å². The molecule has 1 aromatic rings. The van der Waals surface area contributed by atoms with Gasteiger partial charge in [0.2, 0.25) is 5.91 Å². The van der Waals surface area contributed by atoms with Gasteiger partial charge in [0, 0.05) is 45.5 Å². The number of guanidine groups is 1. The third-order valence-electron chi connectivity index (χ3n) is 4.69. The normalized spacial score (nSPS) is 13.3. The van der Waals surface area contributed by atoms with Gasteiger partial charge in [-0.3, -0.25) is 4.79 Å². The first-order valence-corrected chi connectivity index (χ1v) is 9.85. The van der Waals surface area contributed by atoms with Crippen LogP contribution in [0.3, 0.4) is 0 Å². The molecule has 1 aromatic carbocycles. The van der Waals surface area contributed by atoms with E-state index in [0.717, 1.165) is 38.7 Å². The second kappa shape index (κ2) is 12.6. The Morgan fingerprint density at radius 2 is 1.86 bits per heavy atom. The molecule has 1 heterocycles. The molecule has 0 radical (unpaired) electrons. The lowest BCUT2D eigenvalue weighted by Crippen LogP contribution is -2.45. The highest BCUT2D eigenvalue weighted by molar-refractivity contribution is 14.0. The average molecular weight is 499 g/mol. The Bertz CT molecular complexity index is 665. The van der Waals surface area contributed by atoms with E-state index < -0.39 is 0 Å². The van der Waals surface area contributed by atoms with Gasteiger partial charge in [-0.25, -0.2) is 4.99 Å². The molecule has 0 aromatic heterocycles. The van der Waals surface area contributed by atoms with Crippen LogP contribution < -0.4 is 10.2 Å². The molecule has 0 atom stereocenters. The van der Waals surface area contributed by atoms with Crippen molar-refractivity contribution in [1.82, 2.24) is 15.1 Å². The van der Waals surface area contributed by atoms with Crippen LogP contribution in [0.2, 0.25) is 0 Å². The summed E-state index contributed by atoms with van der Waals surface area (Å²) in [5.41, 5.74) is 2.39. The summed E-state index contributed by atoms with van der Waals surface area (Å²) in [5, 5.41) is 3.29. The topological polar surface area (TPSA) is 51.2 Å². The van der Waals surface area contributed by atoms with Gasteiger partial charge in [-0.1, -0.05) is 24.3 Å². The van der Waals surface area contributed by atoms with Crippen LogP contribution in [0.1, 0.15) is 26.3 Å². The maximum absolute atomic E-state index is 12.4. The summed E-state index contributed by atoms with van der Waals surface area (Å²) >= 11 is 0. The number of benzene rings is 1. The molecule has 7 heteroatoms. The van der Waals surface area contributed by atoms with Crippen LogP contribution in [0.15, 0.2) is 41.4 Å². The second-order valence-corrected chi connectivity index (χ2v) is 6.64. The Hall–Kier alpha value is -1.77. The zero-order chi connectivity index (χ0) is 19.6. The van der Waals surface area contributed by atoms with Crippen molar-refractivity contribution in [2.24, 2.45) is 4.99 Å². The minimum Gasteiger partial charge on any atom is -0.364 e. The second-order valence-electron chi connectivity index (χ2n) is 6.64. The summed E-state index contributed by atoms with van der Waals surface area (Å²) in [6.45, 7) is 11.1. The van der Waals surface area contributed by atoms with Gasteiger partial charge in [-0.05, 0) is 38.5 Å². The Labute approximate surface area is 186 Å². The van der Waals surface area contributed by atoms with Crippen LogP contribution in [-0.2, 0) is 11.3 Å². The SMILES string of the molecule is CCNC(=NCc1cccc(N2CC=CC2)c1)N(C)CC(=O)N(CC)CC.I. The van der Waals surface area contributed by atoms with Crippen molar-refractivity contribution in [3.63, 3.8) is 0 Å². The van der Waals surface area contributed by atoms with E-state index in [1.54, 1.807) is 0 Å². The van der Waals surface area contributed by atoms with Crippen LogP contribution in [0.5, 0.6) is 0 Å². The van der Waals surface area contributed by atoms with Crippen molar-refractivity contribution in [3.8, 4) is 0 Å². The molecule has 0 saturated heterocycles. The summed E-state index contributed by atoms with van der Waals surface area (Å²) in [6, 6.07) is 8.52. The molecule has 0 spiro atoms. The quantitative estimate of drug-likeness (QED) is 0.259. The number of nitrogens with zero attached hydrogens (tertiary/aromatic N) is 4.